The van der Waals surface area contributed by atoms with Gasteiger partial charge in [-0.2, -0.15) is 4.31 Å². The maximum absolute atomic E-state index is 12.5. The first-order valence-electron chi connectivity index (χ1n) is 9.13. The van der Waals surface area contributed by atoms with Gasteiger partial charge in [-0.25, -0.2) is 13.2 Å². The van der Waals surface area contributed by atoms with Crippen molar-refractivity contribution in [2.75, 3.05) is 52.1 Å². The summed E-state index contributed by atoms with van der Waals surface area (Å²) in [6.07, 6.45) is 1.21. The second-order valence-corrected chi connectivity index (χ2v) is 8.47. The average molecular weight is 383 g/mol. The largest absolute Gasteiger partial charge is 0.336 e. The van der Waals surface area contributed by atoms with Crippen molar-refractivity contribution in [2.45, 2.75) is 19.9 Å². The van der Waals surface area contributed by atoms with Gasteiger partial charge in [0, 0.05) is 32.7 Å². The Balaban J connectivity index is 1.95. The number of sulfonamides is 1. The number of carbonyl (C=O) groups excluding carboxylic acids is 1. The van der Waals surface area contributed by atoms with E-state index in [4.69, 9.17) is 0 Å². The molecule has 1 heterocycles. The van der Waals surface area contributed by atoms with Crippen LogP contribution in [0.4, 0.5) is 4.79 Å². The zero-order valence-electron chi connectivity index (χ0n) is 15.9. The maximum atomic E-state index is 12.5. The third-order valence-corrected chi connectivity index (χ3v) is 6.18. The van der Waals surface area contributed by atoms with Crippen molar-refractivity contribution >= 4 is 16.1 Å². The number of likely N-dealkylation sites (N-methyl/N-ethyl adjacent to an activating group) is 1. The molecule has 2 amide bonds. The van der Waals surface area contributed by atoms with Crippen molar-refractivity contribution in [3.8, 4) is 0 Å². The molecule has 1 saturated heterocycles. The van der Waals surface area contributed by atoms with E-state index in [-0.39, 0.29) is 12.1 Å². The highest BCUT2D eigenvalue weighted by atomic mass is 32.2. The molecule has 1 aromatic rings. The predicted molar refractivity (Wildman–Crippen MR) is 103 cm³/mol. The van der Waals surface area contributed by atoms with E-state index in [1.165, 1.54) is 16.1 Å². The lowest BCUT2D eigenvalue weighted by Crippen LogP contribution is -2.53. The number of nitrogens with one attached hydrogen (secondary N) is 1. The molecule has 0 bridgehead atoms. The van der Waals surface area contributed by atoms with Crippen LogP contribution in [0, 0.1) is 0 Å². The summed E-state index contributed by atoms with van der Waals surface area (Å²) >= 11 is 0. The molecule has 1 N–H and O–H groups in total. The highest BCUT2D eigenvalue weighted by molar-refractivity contribution is 7.88. The van der Waals surface area contributed by atoms with Crippen LogP contribution in [-0.4, -0.2) is 80.6 Å². The molecule has 0 spiro atoms. The number of piperazine rings is 1. The molecule has 0 saturated carbocycles. The third-order valence-electron chi connectivity index (χ3n) is 4.88. The molecule has 1 aliphatic heterocycles. The van der Waals surface area contributed by atoms with Gasteiger partial charge < -0.3 is 10.2 Å². The molecular formula is C18H30N4O3S. The second kappa shape index (κ2) is 9.34. The summed E-state index contributed by atoms with van der Waals surface area (Å²) in [6, 6.07) is 10.2. The van der Waals surface area contributed by atoms with Gasteiger partial charge in [-0.05, 0) is 18.7 Å². The summed E-state index contributed by atoms with van der Waals surface area (Å²) in [4.78, 5) is 16.5. The van der Waals surface area contributed by atoms with Crippen LogP contribution in [0.2, 0.25) is 0 Å². The van der Waals surface area contributed by atoms with Crippen LogP contribution in [0.25, 0.3) is 0 Å². The number of amides is 2. The van der Waals surface area contributed by atoms with E-state index in [0.29, 0.717) is 32.7 Å². The summed E-state index contributed by atoms with van der Waals surface area (Å²) in [5.41, 5.74) is 1.18. The smallest absolute Gasteiger partial charge is 0.317 e. The fraction of sp³-hybridized carbons (Fsp3) is 0.611. The lowest BCUT2D eigenvalue weighted by atomic mass is 10.1. The summed E-state index contributed by atoms with van der Waals surface area (Å²) in [5, 5.41) is 3.03. The normalized spacial score (nSPS) is 17.3. The van der Waals surface area contributed by atoms with E-state index in [1.54, 1.807) is 4.90 Å². The van der Waals surface area contributed by atoms with E-state index in [1.807, 2.05) is 18.2 Å². The van der Waals surface area contributed by atoms with Crippen LogP contribution in [-0.2, 0) is 10.0 Å². The lowest BCUT2D eigenvalue weighted by Gasteiger charge is -2.35. The minimum Gasteiger partial charge on any atom is -0.336 e. The first kappa shape index (κ1) is 20.7. The van der Waals surface area contributed by atoms with E-state index in [9.17, 15) is 13.2 Å². The number of nitrogens with zero attached hydrogens (tertiary/aromatic N) is 3. The van der Waals surface area contributed by atoms with Crippen LogP contribution in [0.5, 0.6) is 0 Å². The van der Waals surface area contributed by atoms with Crippen molar-refractivity contribution < 1.29 is 13.2 Å². The summed E-state index contributed by atoms with van der Waals surface area (Å²) in [5.74, 6) is 0. The number of benzene rings is 1. The quantitative estimate of drug-likeness (QED) is 0.773. The van der Waals surface area contributed by atoms with Gasteiger partial charge in [0.1, 0.15) is 0 Å². The van der Waals surface area contributed by atoms with Gasteiger partial charge >= 0.3 is 6.03 Å². The Hall–Kier alpha value is -1.64. The van der Waals surface area contributed by atoms with Crippen molar-refractivity contribution in [2.24, 2.45) is 0 Å². The Bertz CT molecular complexity index is 669. The maximum Gasteiger partial charge on any atom is 0.317 e. The minimum atomic E-state index is -3.19. The molecule has 2 rings (SSSR count). The number of hydrogen-bond acceptors (Lipinski definition) is 4. The molecule has 1 unspecified atom stereocenters. The van der Waals surface area contributed by atoms with Gasteiger partial charge in [0.15, 0.2) is 0 Å². The fourth-order valence-electron chi connectivity index (χ4n) is 3.32. The zero-order chi connectivity index (χ0) is 19.2. The van der Waals surface area contributed by atoms with Crippen LogP contribution in [0.1, 0.15) is 25.5 Å². The van der Waals surface area contributed by atoms with Crippen molar-refractivity contribution in [3.05, 3.63) is 35.9 Å². The summed E-state index contributed by atoms with van der Waals surface area (Å²) < 4.78 is 24.6. The molecule has 0 aliphatic carbocycles. The molecule has 1 aliphatic rings. The van der Waals surface area contributed by atoms with Gasteiger partial charge in [-0.15, -0.1) is 0 Å². The Labute approximate surface area is 157 Å². The van der Waals surface area contributed by atoms with Crippen LogP contribution < -0.4 is 5.32 Å². The fourth-order valence-corrected chi connectivity index (χ4v) is 4.14. The van der Waals surface area contributed by atoms with Crippen LogP contribution in [0.15, 0.2) is 30.3 Å². The Kier molecular flexibility index (Phi) is 7.43. The average Bonchev–Trinajstić information content (AvgIpc) is 2.65. The van der Waals surface area contributed by atoms with E-state index in [0.717, 1.165) is 13.1 Å². The molecule has 1 fully saturated rings. The zero-order valence-corrected chi connectivity index (χ0v) is 16.7. The van der Waals surface area contributed by atoms with E-state index in [2.05, 4.69) is 36.2 Å². The molecule has 7 nitrogen and oxygen atoms in total. The Morgan fingerprint density at radius 3 is 2.19 bits per heavy atom. The lowest BCUT2D eigenvalue weighted by molar-refractivity contribution is 0.164. The number of urea groups is 1. The third kappa shape index (κ3) is 5.43. The molecule has 0 radical (unpaired) electrons. The molecule has 1 aromatic carbocycles. The Morgan fingerprint density at radius 2 is 1.69 bits per heavy atom. The summed E-state index contributed by atoms with van der Waals surface area (Å²) in [6.45, 7) is 8.10. The molecule has 1 atom stereocenters. The number of carbonyl (C=O) groups is 1. The topological polar surface area (TPSA) is 73.0 Å². The molecular weight excluding hydrogens is 352 g/mol. The van der Waals surface area contributed by atoms with Gasteiger partial charge in [-0.1, -0.05) is 44.2 Å². The first-order valence-corrected chi connectivity index (χ1v) is 11.0. The van der Waals surface area contributed by atoms with Gasteiger partial charge in [0.2, 0.25) is 10.0 Å². The monoisotopic (exact) mass is 382 g/mol. The Morgan fingerprint density at radius 1 is 1.12 bits per heavy atom. The van der Waals surface area contributed by atoms with Gasteiger partial charge in [0.25, 0.3) is 0 Å². The SMILES string of the molecule is CCN(CC)C(CNC(=O)N1CCN(S(C)(=O)=O)CC1)c1ccccc1. The highest BCUT2D eigenvalue weighted by Crippen LogP contribution is 2.19. The molecule has 8 heteroatoms. The van der Waals surface area contributed by atoms with Gasteiger partial charge in [0.05, 0.1) is 12.3 Å². The minimum absolute atomic E-state index is 0.118. The van der Waals surface area contributed by atoms with E-state index >= 15 is 0 Å². The van der Waals surface area contributed by atoms with Gasteiger partial charge in [-0.3, -0.25) is 4.90 Å². The highest BCUT2D eigenvalue weighted by Gasteiger charge is 2.27. The number of rotatable bonds is 7. The predicted octanol–water partition coefficient (Wildman–Crippen LogP) is 1.36. The van der Waals surface area contributed by atoms with E-state index < -0.39 is 10.0 Å². The van der Waals surface area contributed by atoms with Crippen molar-refractivity contribution in [1.29, 1.82) is 0 Å². The first-order chi connectivity index (χ1) is 12.4. The summed E-state index contributed by atoms with van der Waals surface area (Å²) in [7, 11) is -3.19. The molecule has 26 heavy (non-hydrogen) atoms. The van der Waals surface area contributed by atoms with Crippen LogP contribution in [0.3, 0.4) is 0 Å². The van der Waals surface area contributed by atoms with Crippen LogP contribution >= 0.6 is 0 Å². The number of hydrogen-bond donors (Lipinski definition) is 1. The van der Waals surface area contributed by atoms with Crippen molar-refractivity contribution in [3.63, 3.8) is 0 Å². The standard InChI is InChI=1S/C18H30N4O3S/c1-4-20(5-2)17(16-9-7-6-8-10-16)15-19-18(23)21-11-13-22(14-12-21)26(3,24)25/h6-10,17H,4-5,11-15H2,1-3H3,(H,19,23). The molecule has 0 aromatic heterocycles. The van der Waals surface area contributed by atoms with Crippen molar-refractivity contribution in [1.82, 2.24) is 19.4 Å². The molecule has 146 valence electrons. The second-order valence-electron chi connectivity index (χ2n) is 6.48.